The topological polar surface area (TPSA) is 83.1 Å². The first kappa shape index (κ1) is 25.0. The highest BCUT2D eigenvalue weighted by Gasteiger charge is 2.34. The Morgan fingerprint density at radius 2 is 1.71 bits per heavy atom. The number of rotatable bonds is 9. The Hall–Kier alpha value is -3.62. The van der Waals surface area contributed by atoms with E-state index in [0.29, 0.717) is 0 Å². The van der Waals surface area contributed by atoms with Crippen molar-refractivity contribution in [3.05, 3.63) is 71.9 Å². The molecule has 180 valence electrons. The van der Waals surface area contributed by atoms with Crippen LogP contribution in [0.4, 0.5) is 19.0 Å². The number of carbonyl (C=O) groups excluding carboxylic acids is 2. The fraction of sp³-hybridized carbons (Fsp3) is 0.320. The van der Waals surface area contributed by atoms with E-state index in [4.69, 9.17) is 0 Å². The van der Waals surface area contributed by atoms with E-state index in [2.05, 4.69) is 20.9 Å². The summed E-state index contributed by atoms with van der Waals surface area (Å²) in [7, 11) is 0. The molecular formula is C25H27F3N4O2. The molecule has 1 heterocycles. The van der Waals surface area contributed by atoms with E-state index < -0.39 is 23.7 Å². The maximum Gasteiger partial charge on any atom is 0.419 e. The Bertz CT molecular complexity index is 1150. The third-order valence-corrected chi connectivity index (χ3v) is 5.27. The predicted molar refractivity (Wildman–Crippen MR) is 125 cm³/mol. The van der Waals surface area contributed by atoms with Crippen LogP contribution in [-0.2, 0) is 22.2 Å². The number of amides is 2. The molecule has 0 radical (unpaired) electrons. The van der Waals surface area contributed by atoms with Gasteiger partial charge in [-0.15, -0.1) is 0 Å². The smallest absolute Gasteiger partial charge is 0.368 e. The van der Waals surface area contributed by atoms with E-state index in [1.807, 2.05) is 56.3 Å². The molecule has 6 nitrogen and oxygen atoms in total. The first-order chi connectivity index (χ1) is 16.1. The van der Waals surface area contributed by atoms with Crippen LogP contribution < -0.4 is 16.0 Å². The van der Waals surface area contributed by atoms with Crippen molar-refractivity contribution in [2.45, 2.75) is 32.5 Å². The maximum atomic E-state index is 13.0. The minimum atomic E-state index is -4.53. The average molecular weight is 473 g/mol. The number of benzene rings is 2. The normalized spacial score (nSPS) is 12.4. The lowest BCUT2D eigenvalue weighted by Gasteiger charge is -2.22. The van der Waals surface area contributed by atoms with E-state index in [-0.39, 0.29) is 37.2 Å². The number of hydrogen-bond donors (Lipinski definition) is 3. The lowest BCUT2D eigenvalue weighted by atomic mass is 10.0. The fourth-order valence-corrected chi connectivity index (χ4v) is 3.55. The van der Waals surface area contributed by atoms with Crippen LogP contribution in [0.3, 0.4) is 0 Å². The Labute approximate surface area is 196 Å². The first-order valence-corrected chi connectivity index (χ1v) is 11.0. The number of fused-ring (bicyclic) bond motifs is 1. The highest BCUT2D eigenvalue weighted by Crippen LogP contribution is 2.33. The Balaban J connectivity index is 1.52. The molecule has 0 saturated carbocycles. The second kappa shape index (κ2) is 11.0. The number of halogens is 3. The van der Waals surface area contributed by atoms with Gasteiger partial charge in [0.2, 0.25) is 11.8 Å². The van der Waals surface area contributed by atoms with Gasteiger partial charge in [-0.3, -0.25) is 9.59 Å². The van der Waals surface area contributed by atoms with E-state index in [1.54, 1.807) is 0 Å². The largest absolute Gasteiger partial charge is 0.419 e. The van der Waals surface area contributed by atoms with Gasteiger partial charge >= 0.3 is 6.18 Å². The van der Waals surface area contributed by atoms with Crippen molar-refractivity contribution < 1.29 is 22.8 Å². The second-order valence-corrected chi connectivity index (χ2v) is 8.26. The van der Waals surface area contributed by atoms with Crippen LogP contribution in [0.25, 0.3) is 10.8 Å². The predicted octanol–water partition coefficient (Wildman–Crippen LogP) is 4.17. The lowest BCUT2D eigenvalue weighted by molar-refractivity contribution is -0.137. The van der Waals surface area contributed by atoms with Gasteiger partial charge in [-0.05, 0) is 34.4 Å². The standard InChI is InChI=1S/C25H27F3N4O2/c1-16(2)22(32-21(33)15-17-9-10-18-6-3-4-7-19(18)14-17)24(34)31-13-12-30-23-20(25(26,27)28)8-5-11-29-23/h3-11,14,16,22H,12-13,15H2,1-2H3,(H,29,30)(H,31,34)(H,32,33). The highest BCUT2D eigenvalue weighted by atomic mass is 19.4. The van der Waals surface area contributed by atoms with E-state index in [1.165, 1.54) is 12.3 Å². The van der Waals surface area contributed by atoms with Gasteiger partial charge in [0.1, 0.15) is 11.9 Å². The van der Waals surface area contributed by atoms with Crippen LogP contribution in [0, 0.1) is 5.92 Å². The van der Waals surface area contributed by atoms with Crippen molar-refractivity contribution in [3.8, 4) is 0 Å². The molecule has 0 fully saturated rings. The molecule has 3 aromatic rings. The van der Waals surface area contributed by atoms with Gasteiger partial charge in [0, 0.05) is 19.3 Å². The average Bonchev–Trinajstić information content (AvgIpc) is 2.79. The zero-order chi connectivity index (χ0) is 24.7. The summed E-state index contributed by atoms with van der Waals surface area (Å²) in [4.78, 5) is 29.0. The van der Waals surface area contributed by atoms with Gasteiger partial charge < -0.3 is 16.0 Å². The first-order valence-electron chi connectivity index (χ1n) is 11.0. The minimum absolute atomic E-state index is 0.0433. The van der Waals surface area contributed by atoms with Crippen molar-refractivity contribution in [1.29, 1.82) is 0 Å². The molecule has 0 bridgehead atoms. The molecule has 1 atom stereocenters. The number of aromatic nitrogens is 1. The van der Waals surface area contributed by atoms with Crippen molar-refractivity contribution in [2.24, 2.45) is 5.92 Å². The quantitative estimate of drug-likeness (QED) is 0.409. The Morgan fingerprint density at radius 3 is 2.41 bits per heavy atom. The molecule has 0 aliphatic carbocycles. The van der Waals surface area contributed by atoms with Crippen molar-refractivity contribution >= 4 is 28.4 Å². The number of nitrogens with one attached hydrogen (secondary N) is 3. The molecule has 0 spiro atoms. The molecule has 34 heavy (non-hydrogen) atoms. The third kappa shape index (κ3) is 6.69. The zero-order valence-corrected chi connectivity index (χ0v) is 18.9. The van der Waals surface area contributed by atoms with E-state index >= 15 is 0 Å². The molecule has 2 aromatic carbocycles. The number of nitrogens with zero attached hydrogens (tertiary/aromatic N) is 1. The molecule has 2 amide bonds. The third-order valence-electron chi connectivity index (χ3n) is 5.27. The summed E-state index contributed by atoms with van der Waals surface area (Å²) < 4.78 is 39.1. The molecule has 3 rings (SSSR count). The number of anilines is 1. The summed E-state index contributed by atoms with van der Waals surface area (Å²) in [6.45, 7) is 3.72. The summed E-state index contributed by atoms with van der Waals surface area (Å²) in [5.41, 5.74) is -0.0403. The van der Waals surface area contributed by atoms with Crippen LogP contribution in [0.1, 0.15) is 25.0 Å². The summed E-state index contributed by atoms with van der Waals surface area (Å²) in [5.74, 6) is -1.17. The molecule has 0 aliphatic heterocycles. The zero-order valence-electron chi connectivity index (χ0n) is 18.9. The summed E-state index contributed by atoms with van der Waals surface area (Å²) >= 11 is 0. The monoisotopic (exact) mass is 472 g/mol. The van der Waals surface area contributed by atoms with Crippen molar-refractivity contribution in [3.63, 3.8) is 0 Å². The van der Waals surface area contributed by atoms with Crippen LogP contribution >= 0.6 is 0 Å². The van der Waals surface area contributed by atoms with Crippen LogP contribution in [0.15, 0.2) is 60.8 Å². The summed E-state index contributed by atoms with van der Waals surface area (Å²) in [6, 6.07) is 15.0. The highest BCUT2D eigenvalue weighted by molar-refractivity contribution is 5.89. The molecule has 1 unspecified atom stereocenters. The van der Waals surface area contributed by atoms with Gasteiger partial charge in [-0.1, -0.05) is 56.3 Å². The van der Waals surface area contributed by atoms with Gasteiger partial charge in [0.25, 0.3) is 0 Å². The van der Waals surface area contributed by atoms with Crippen LogP contribution in [0.2, 0.25) is 0 Å². The molecule has 3 N–H and O–H groups in total. The molecule has 0 saturated heterocycles. The van der Waals surface area contributed by atoms with Crippen LogP contribution in [-0.4, -0.2) is 35.9 Å². The molecule has 0 aliphatic rings. The van der Waals surface area contributed by atoms with Gasteiger partial charge in [0.15, 0.2) is 0 Å². The molecular weight excluding hydrogens is 445 g/mol. The fourth-order valence-electron chi connectivity index (χ4n) is 3.55. The number of carbonyl (C=O) groups is 2. The summed E-state index contributed by atoms with van der Waals surface area (Å²) in [5, 5.41) is 10.1. The van der Waals surface area contributed by atoms with Crippen molar-refractivity contribution in [1.82, 2.24) is 15.6 Å². The second-order valence-electron chi connectivity index (χ2n) is 8.26. The number of alkyl halides is 3. The maximum absolute atomic E-state index is 13.0. The number of hydrogen-bond acceptors (Lipinski definition) is 4. The SMILES string of the molecule is CC(C)C(NC(=O)Cc1ccc2ccccc2c1)C(=O)NCCNc1ncccc1C(F)(F)F. The summed E-state index contributed by atoms with van der Waals surface area (Å²) in [6.07, 6.45) is -3.14. The lowest BCUT2D eigenvalue weighted by Crippen LogP contribution is -2.50. The minimum Gasteiger partial charge on any atom is -0.368 e. The van der Waals surface area contributed by atoms with Gasteiger partial charge in [-0.25, -0.2) is 4.98 Å². The van der Waals surface area contributed by atoms with Gasteiger partial charge in [-0.2, -0.15) is 13.2 Å². The molecule has 1 aromatic heterocycles. The number of pyridine rings is 1. The van der Waals surface area contributed by atoms with Gasteiger partial charge in [0.05, 0.1) is 12.0 Å². The van der Waals surface area contributed by atoms with E-state index in [9.17, 15) is 22.8 Å². The molecule has 9 heteroatoms. The van der Waals surface area contributed by atoms with Crippen molar-refractivity contribution in [2.75, 3.05) is 18.4 Å². The van der Waals surface area contributed by atoms with E-state index in [0.717, 1.165) is 22.4 Å². The Kier molecular flexibility index (Phi) is 8.09. The van der Waals surface area contributed by atoms with Crippen LogP contribution in [0.5, 0.6) is 0 Å². The Morgan fingerprint density at radius 1 is 0.971 bits per heavy atom.